The van der Waals surface area contributed by atoms with Crippen molar-refractivity contribution in [2.75, 3.05) is 7.05 Å². The number of nitrogens with one attached hydrogen (secondary N) is 1. The quantitative estimate of drug-likeness (QED) is 0.243. The molecule has 0 bridgehead atoms. The molecular formula is CH4I5N-2. The Morgan fingerprint density at radius 3 is 2.71 bits per heavy atom. The molecule has 0 unspecified atom stereocenters. The van der Waals surface area contributed by atoms with Gasteiger partial charge in [-0.15, -0.1) is 0 Å². The monoisotopic (exact) mass is 665 g/mol. The average molecular weight is 665 g/mol. The molecule has 0 aliphatic carbocycles. The van der Waals surface area contributed by atoms with Crippen molar-refractivity contribution in [1.82, 2.24) is 3.53 Å². The van der Waals surface area contributed by atoms with Crippen molar-refractivity contribution >= 4 is 43.9 Å². The van der Waals surface area contributed by atoms with Gasteiger partial charge in [-0.3, -0.25) is 0 Å². The molecule has 0 radical (unpaired) electrons. The first-order valence-electron chi connectivity index (χ1n) is 1.26. The fourth-order valence-electron chi connectivity index (χ4n) is 0.0449. The molecule has 0 heterocycles. The van der Waals surface area contributed by atoms with Crippen LogP contribution in [0, 0.1) is 0 Å². The molecule has 0 aromatic heterocycles. The minimum atomic E-state index is 0.553. The molecule has 6 heteroatoms. The predicted octanol–water partition coefficient (Wildman–Crippen LogP) is -3.66. The SMILES string of the molecule is CN[I-]I=I[I-]I. The second-order valence-electron chi connectivity index (χ2n) is 0.422. The summed E-state index contributed by atoms with van der Waals surface area (Å²) < 4.78 is 3.30. The molecule has 7 heavy (non-hydrogen) atoms. The van der Waals surface area contributed by atoms with E-state index in [1.165, 1.54) is 0 Å². The van der Waals surface area contributed by atoms with Crippen LogP contribution in [0.4, 0.5) is 0 Å². The Labute approximate surface area is 82.3 Å². The molecule has 0 rings (SSSR count). The van der Waals surface area contributed by atoms with Gasteiger partial charge < -0.3 is 0 Å². The van der Waals surface area contributed by atoms with Crippen LogP contribution in [0.1, 0.15) is 0 Å². The molecule has 0 amide bonds. The van der Waals surface area contributed by atoms with Gasteiger partial charge in [-0.05, 0) is 0 Å². The van der Waals surface area contributed by atoms with Gasteiger partial charge in [-0.2, -0.15) is 0 Å². The molecule has 1 nitrogen and oxygen atoms in total. The maximum atomic E-state index is 3.30. The number of rotatable bonds is 3. The Balaban J connectivity index is 2.78. The Bertz CT molecular complexity index is 52.0. The third kappa shape index (κ3) is 9.61. The van der Waals surface area contributed by atoms with Gasteiger partial charge in [0.2, 0.25) is 0 Å². The van der Waals surface area contributed by atoms with Gasteiger partial charge in [-0.1, -0.05) is 0 Å². The summed E-state index contributed by atoms with van der Waals surface area (Å²) in [5, 5.41) is 0. The number of hydrogen-bond donors (Lipinski definition) is 1. The van der Waals surface area contributed by atoms with Gasteiger partial charge in [0.1, 0.15) is 0 Å². The summed E-state index contributed by atoms with van der Waals surface area (Å²) in [5.41, 5.74) is 0. The summed E-state index contributed by atoms with van der Waals surface area (Å²) in [6.45, 7) is 0. The Morgan fingerprint density at radius 1 is 1.57 bits per heavy atom. The molecule has 0 aromatic rings. The molecular weight excluding hydrogens is 661 g/mol. The molecule has 0 spiro atoms. The van der Waals surface area contributed by atoms with E-state index in [2.05, 4.69) is 29.2 Å². The second-order valence-corrected chi connectivity index (χ2v) is 53.4. The van der Waals surface area contributed by atoms with E-state index in [0.29, 0.717) is 30.8 Å². The van der Waals surface area contributed by atoms with Crippen molar-refractivity contribution in [2.24, 2.45) is 0 Å². The van der Waals surface area contributed by atoms with Gasteiger partial charge in [-0.25, -0.2) is 0 Å². The zero-order chi connectivity index (χ0) is 5.54. The first-order valence-corrected chi connectivity index (χ1v) is 27.5. The summed E-state index contributed by atoms with van der Waals surface area (Å²) in [4.78, 5) is 0. The van der Waals surface area contributed by atoms with Crippen LogP contribution in [0.25, 0.3) is 0 Å². The standard InChI is InChI=1S/CH4I5N/c1-7-6-5-4-3-2/h7H,1H3/q-2. The van der Waals surface area contributed by atoms with Crippen LogP contribution in [0.5, 0.6) is 0 Å². The van der Waals surface area contributed by atoms with Crippen LogP contribution >= 0.6 is 43.9 Å². The summed E-state index contributed by atoms with van der Waals surface area (Å²) in [6.07, 6.45) is 0. The molecule has 0 aromatic carbocycles. The Kier molecular flexibility index (Phi) is 14.6. The normalized spacial score (nSPS) is 14.0. The van der Waals surface area contributed by atoms with Crippen molar-refractivity contribution in [1.29, 1.82) is 0 Å². The van der Waals surface area contributed by atoms with Crippen molar-refractivity contribution < 1.29 is 30.8 Å². The minimum absolute atomic E-state index is 0.553. The Morgan fingerprint density at radius 2 is 2.29 bits per heavy atom. The predicted molar refractivity (Wildman–Crippen MR) is 51.1 cm³/mol. The van der Waals surface area contributed by atoms with Crippen LogP contribution < -0.4 is 34.3 Å². The second kappa shape index (κ2) is 9.61. The molecule has 0 fully saturated rings. The van der Waals surface area contributed by atoms with Crippen LogP contribution in [0.2, 0.25) is 0 Å². The summed E-state index contributed by atoms with van der Waals surface area (Å²) in [7, 11) is 2.10. The molecule has 1 N–H and O–H groups in total. The first-order chi connectivity index (χ1) is 3.41. The van der Waals surface area contributed by atoms with E-state index in [-0.39, 0.29) is 0 Å². The van der Waals surface area contributed by atoms with Crippen LogP contribution in [0.15, 0.2) is 0 Å². The van der Waals surface area contributed by atoms with E-state index in [0.717, 1.165) is 25.2 Å². The first kappa shape index (κ1) is 10.6. The van der Waals surface area contributed by atoms with E-state index in [1.54, 1.807) is 0 Å². The molecule has 0 saturated carbocycles. The zero-order valence-corrected chi connectivity index (χ0v) is 14.2. The fraction of sp³-hybridized carbons (Fsp3) is 1.00. The Hall–Kier alpha value is 3.61. The van der Waals surface area contributed by atoms with Crippen LogP contribution in [-0.2, 0) is 0 Å². The van der Waals surface area contributed by atoms with E-state index >= 15 is 0 Å². The maximum absolute atomic E-state index is 3.30. The van der Waals surface area contributed by atoms with Crippen molar-refractivity contribution in [2.45, 2.75) is 0 Å². The van der Waals surface area contributed by atoms with Crippen molar-refractivity contribution in [3.05, 3.63) is 0 Å². The summed E-state index contributed by atoms with van der Waals surface area (Å²) in [6, 6.07) is 0. The van der Waals surface area contributed by atoms with Gasteiger partial charge in [0.25, 0.3) is 0 Å². The van der Waals surface area contributed by atoms with Crippen molar-refractivity contribution in [3.8, 4) is 0 Å². The topological polar surface area (TPSA) is 12.0 Å². The average Bonchev–Trinajstić information content (AvgIpc) is 1.69. The van der Waals surface area contributed by atoms with Crippen LogP contribution in [0.3, 0.4) is 0 Å². The van der Waals surface area contributed by atoms with E-state index in [4.69, 9.17) is 0 Å². The molecule has 0 saturated heterocycles. The van der Waals surface area contributed by atoms with Gasteiger partial charge in [0, 0.05) is 0 Å². The van der Waals surface area contributed by atoms with Gasteiger partial charge in [0.15, 0.2) is 0 Å². The van der Waals surface area contributed by atoms with E-state index in [1.807, 2.05) is 0 Å². The van der Waals surface area contributed by atoms with Gasteiger partial charge in [0.05, 0.1) is 0 Å². The molecule has 0 atom stereocenters. The third-order valence-electron chi connectivity index (χ3n) is 0.139. The molecule has 50 valence electrons. The van der Waals surface area contributed by atoms with Crippen LogP contribution in [-0.4, -0.2) is 7.05 Å². The van der Waals surface area contributed by atoms with Crippen molar-refractivity contribution in [3.63, 3.8) is 0 Å². The zero-order valence-electron chi connectivity index (χ0n) is 3.39. The van der Waals surface area contributed by atoms with E-state index < -0.39 is 0 Å². The third-order valence-corrected chi connectivity index (χ3v) is 94.0. The van der Waals surface area contributed by atoms with E-state index in [9.17, 15) is 0 Å². The number of halogens is 5. The summed E-state index contributed by atoms with van der Waals surface area (Å²) >= 11 is 5.46. The number of hydrogen-bond acceptors (Lipinski definition) is 1. The molecule has 0 aliphatic heterocycles. The van der Waals surface area contributed by atoms with Gasteiger partial charge >= 0.3 is 85.2 Å². The summed E-state index contributed by atoms with van der Waals surface area (Å²) in [5.74, 6) is 0. The fourth-order valence-corrected chi connectivity index (χ4v) is 134. The molecule has 0 aliphatic rings.